The van der Waals surface area contributed by atoms with Crippen LogP contribution in [0.4, 0.5) is 0 Å². The van der Waals surface area contributed by atoms with E-state index in [0.717, 1.165) is 0 Å². The zero-order valence-electron chi connectivity index (χ0n) is 10.9. The standard InChI is InChI=1S/C15H11N3O2S/c21-15-17-13(19-11-7-3-1-4-8-11)16-14(18-15)20-12-9-5-2-6-10-12/h1-10H,(H,16,17,18,21). The van der Waals surface area contributed by atoms with Crippen LogP contribution >= 0.6 is 12.2 Å². The third-order valence-corrected chi connectivity index (χ3v) is 2.71. The number of aromatic nitrogens is 3. The Morgan fingerprint density at radius 3 is 1.57 bits per heavy atom. The van der Waals surface area contributed by atoms with Crippen LogP contribution < -0.4 is 9.47 Å². The fourth-order valence-electron chi connectivity index (χ4n) is 1.64. The second-order valence-electron chi connectivity index (χ2n) is 4.07. The average molecular weight is 297 g/mol. The number of H-pyrrole nitrogens is 1. The van der Waals surface area contributed by atoms with Crippen molar-refractivity contribution in [3.8, 4) is 23.5 Å². The molecule has 0 saturated carbocycles. The van der Waals surface area contributed by atoms with Crippen LogP contribution in [0.15, 0.2) is 60.7 Å². The van der Waals surface area contributed by atoms with E-state index in [2.05, 4.69) is 15.0 Å². The summed E-state index contributed by atoms with van der Waals surface area (Å²) < 4.78 is 11.3. The van der Waals surface area contributed by atoms with Gasteiger partial charge in [0.2, 0.25) is 4.77 Å². The molecular weight excluding hydrogens is 286 g/mol. The molecule has 0 aliphatic carbocycles. The Hall–Kier alpha value is -2.73. The minimum atomic E-state index is 0.144. The molecule has 0 radical (unpaired) electrons. The summed E-state index contributed by atoms with van der Waals surface area (Å²) in [6.45, 7) is 0. The van der Waals surface area contributed by atoms with E-state index in [-0.39, 0.29) is 16.8 Å². The molecule has 0 aliphatic heterocycles. The number of hydrogen-bond acceptors (Lipinski definition) is 5. The van der Waals surface area contributed by atoms with E-state index in [1.165, 1.54) is 0 Å². The lowest BCUT2D eigenvalue weighted by Gasteiger charge is -2.07. The molecular formula is C15H11N3O2S. The van der Waals surface area contributed by atoms with Crippen molar-refractivity contribution >= 4 is 12.2 Å². The fourth-order valence-corrected chi connectivity index (χ4v) is 1.81. The van der Waals surface area contributed by atoms with Gasteiger partial charge in [-0.2, -0.15) is 9.97 Å². The molecule has 1 N–H and O–H groups in total. The molecule has 3 rings (SSSR count). The van der Waals surface area contributed by atoms with Crippen LogP contribution in [0.1, 0.15) is 0 Å². The highest BCUT2D eigenvalue weighted by Gasteiger charge is 2.05. The summed E-state index contributed by atoms with van der Waals surface area (Å²) in [5, 5.41) is 0. The van der Waals surface area contributed by atoms with Gasteiger partial charge >= 0.3 is 12.0 Å². The molecule has 1 heterocycles. The van der Waals surface area contributed by atoms with Gasteiger partial charge in [0.25, 0.3) is 0 Å². The normalized spacial score (nSPS) is 10.1. The Bertz CT molecular complexity index is 713. The number of aromatic amines is 1. The molecule has 0 spiro atoms. The van der Waals surface area contributed by atoms with Crippen molar-refractivity contribution in [3.63, 3.8) is 0 Å². The number of benzene rings is 2. The van der Waals surface area contributed by atoms with Crippen LogP contribution in [-0.2, 0) is 0 Å². The molecule has 0 bridgehead atoms. The Balaban J connectivity index is 1.85. The zero-order valence-corrected chi connectivity index (χ0v) is 11.7. The van der Waals surface area contributed by atoms with E-state index >= 15 is 0 Å². The molecule has 21 heavy (non-hydrogen) atoms. The molecule has 1 aromatic heterocycles. The van der Waals surface area contributed by atoms with Crippen molar-refractivity contribution in [1.82, 2.24) is 15.0 Å². The van der Waals surface area contributed by atoms with Crippen LogP contribution in [0.5, 0.6) is 23.5 Å². The van der Waals surface area contributed by atoms with Crippen molar-refractivity contribution in [2.45, 2.75) is 0 Å². The third-order valence-electron chi connectivity index (χ3n) is 2.52. The molecule has 0 fully saturated rings. The first-order chi connectivity index (χ1) is 10.3. The highest BCUT2D eigenvalue weighted by molar-refractivity contribution is 7.71. The average Bonchev–Trinajstić information content (AvgIpc) is 2.48. The van der Waals surface area contributed by atoms with E-state index in [0.29, 0.717) is 11.5 Å². The van der Waals surface area contributed by atoms with E-state index in [4.69, 9.17) is 21.7 Å². The fraction of sp³-hybridized carbons (Fsp3) is 0. The van der Waals surface area contributed by atoms with Gasteiger partial charge in [0.1, 0.15) is 11.5 Å². The van der Waals surface area contributed by atoms with Crippen molar-refractivity contribution < 1.29 is 9.47 Å². The van der Waals surface area contributed by atoms with Crippen LogP contribution in [0, 0.1) is 4.77 Å². The number of nitrogens with zero attached hydrogens (tertiary/aromatic N) is 2. The van der Waals surface area contributed by atoms with Crippen molar-refractivity contribution in [2.24, 2.45) is 0 Å². The van der Waals surface area contributed by atoms with Gasteiger partial charge in [-0.05, 0) is 36.5 Å². The van der Waals surface area contributed by atoms with Gasteiger partial charge < -0.3 is 9.47 Å². The zero-order chi connectivity index (χ0) is 14.5. The summed E-state index contributed by atoms with van der Waals surface area (Å²) in [4.78, 5) is 10.9. The molecule has 6 heteroatoms. The number of ether oxygens (including phenoxy) is 2. The Kier molecular flexibility index (Phi) is 3.88. The first-order valence-corrected chi connectivity index (χ1v) is 6.64. The first kappa shape index (κ1) is 13.3. The highest BCUT2D eigenvalue weighted by Crippen LogP contribution is 2.21. The highest BCUT2D eigenvalue weighted by atomic mass is 32.1. The van der Waals surface area contributed by atoms with Crippen LogP contribution in [0.25, 0.3) is 0 Å². The van der Waals surface area contributed by atoms with Gasteiger partial charge in [0.05, 0.1) is 0 Å². The molecule has 0 saturated heterocycles. The maximum Gasteiger partial charge on any atom is 0.305 e. The van der Waals surface area contributed by atoms with E-state index < -0.39 is 0 Å². The molecule has 0 aliphatic rings. The summed E-state index contributed by atoms with van der Waals surface area (Å²) in [5.41, 5.74) is 0. The molecule has 3 aromatic rings. The summed E-state index contributed by atoms with van der Waals surface area (Å²) in [6.07, 6.45) is 0. The van der Waals surface area contributed by atoms with Gasteiger partial charge in [-0.25, -0.2) is 0 Å². The quantitative estimate of drug-likeness (QED) is 0.734. The number of rotatable bonds is 4. The summed E-state index contributed by atoms with van der Waals surface area (Å²) in [7, 11) is 0. The molecule has 0 unspecified atom stereocenters. The summed E-state index contributed by atoms with van der Waals surface area (Å²) in [6, 6.07) is 19.0. The first-order valence-electron chi connectivity index (χ1n) is 6.24. The minimum Gasteiger partial charge on any atom is -0.425 e. The van der Waals surface area contributed by atoms with Gasteiger partial charge in [0, 0.05) is 0 Å². The van der Waals surface area contributed by atoms with E-state index in [9.17, 15) is 0 Å². The number of nitrogens with one attached hydrogen (secondary N) is 1. The SMILES string of the molecule is S=c1nc(Oc2ccccc2)[nH]c(Oc2ccccc2)n1. The summed E-state index contributed by atoms with van der Waals surface area (Å²) in [5.74, 6) is 1.29. The van der Waals surface area contributed by atoms with Gasteiger partial charge in [-0.3, -0.25) is 4.98 Å². The van der Waals surface area contributed by atoms with Crippen molar-refractivity contribution in [2.75, 3.05) is 0 Å². The lowest BCUT2D eigenvalue weighted by atomic mass is 10.3. The second kappa shape index (κ2) is 6.15. The van der Waals surface area contributed by atoms with Gasteiger partial charge in [-0.15, -0.1) is 0 Å². The Morgan fingerprint density at radius 2 is 1.14 bits per heavy atom. The van der Waals surface area contributed by atoms with Crippen LogP contribution in [-0.4, -0.2) is 15.0 Å². The lowest BCUT2D eigenvalue weighted by molar-refractivity contribution is 0.395. The Morgan fingerprint density at radius 1 is 0.714 bits per heavy atom. The Labute approximate surface area is 126 Å². The third kappa shape index (κ3) is 3.64. The van der Waals surface area contributed by atoms with E-state index in [1.54, 1.807) is 0 Å². The second-order valence-corrected chi connectivity index (χ2v) is 4.44. The monoisotopic (exact) mass is 297 g/mol. The van der Waals surface area contributed by atoms with Gasteiger partial charge in [-0.1, -0.05) is 36.4 Å². The molecule has 104 valence electrons. The number of hydrogen-bond donors (Lipinski definition) is 1. The van der Waals surface area contributed by atoms with Crippen molar-refractivity contribution in [3.05, 3.63) is 65.4 Å². The summed E-state index contributed by atoms with van der Waals surface area (Å²) >= 11 is 5.02. The largest absolute Gasteiger partial charge is 0.425 e. The maximum absolute atomic E-state index is 5.58. The molecule has 0 atom stereocenters. The van der Waals surface area contributed by atoms with Crippen LogP contribution in [0.2, 0.25) is 0 Å². The molecule has 2 aromatic carbocycles. The van der Waals surface area contributed by atoms with E-state index in [1.807, 2.05) is 60.7 Å². The maximum atomic E-state index is 5.58. The van der Waals surface area contributed by atoms with Crippen molar-refractivity contribution in [1.29, 1.82) is 0 Å². The number of para-hydroxylation sites is 2. The molecule has 5 nitrogen and oxygen atoms in total. The lowest BCUT2D eigenvalue weighted by Crippen LogP contribution is -1.98. The van der Waals surface area contributed by atoms with Crippen LogP contribution in [0.3, 0.4) is 0 Å². The predicted molar refractivity (Wildman–Crippen MR) is 80.2 cm³/mol. The predicted octanol–water partition coefficient (Wildman–Crippen LogP) is 4.12. The minimum absolute atomic E-state index is 0.144. The molecule has 0 amide bonds. The smallest absolute Gasteiger partial charge is 0.305 e. The van der Waals surface area contributed by atoms with Gasteiger partial charge in [0.15, 0.2) is 0 Å². The topological polar surface area (TPSA) is 60.0 Å².